The summed E-state index contributed by atoms with van der Waals surface area (Å²) in [6, 6.07) is 16.0. The minimum Gasteiger partial charge on any atom is -0.497 e. The van der Waals surface area contributed by atoms with E-state index in [1.165, 1.54) is 7.11 Å². The van der Waals surface area contributed by atoms with Crippen molar-refractivity contribution >= 4 is 23.5 Å². The molecule has 28 heavy (non-hydrogen) atoms. The lowest BCUT2D eigenvalue weighted by molar-refractivity contribution is -0.133. The van der Waals surface area contributed by atoms with Gasteiger partial charge in [-0.05, 0) is 37.5 Å². The number of carbonyl (C=O) groups excluding carboxylic acids is 3. The van der Waals surface area contributed by atoms with Crippen LogP contribution in [0.1, 0.15) is 18.9 Å². The number of carbonyl (C=O) groups is 3. The number of hydrogen-bond acceptors (Lipinski definition) is 4. The van der Waals surface area contributed by atoms with Gasteiger partial charge < -0.3 is 15.4 Å². The van der Waals surface area contributed by atoms with Gasteiger partial charge in [0, 0.05) is 11.8 Å². The van der Waals surface area contributed by atoms with Crippen molar-refractivity contribution in [2.45, 2.75) is 25.3 Å². The molecule has 1 saturated heterocycles. The van der Waals surface area contributed by atoms with Gasteiger partial charge in [-0.3, -0.25) is 14.5 Å². The van der Waals surface area contributed by atoms with Gasteiger partial charge in [-0.2, -0.15) is 0 Å². The Morgan fingerprint density at radius 3 is 2.61 bits per heavy atom. The van der Waals surface area contributed by atoms with E-state index in [1.807, 2.05) is 30.3 Å². The number of hydrogen-bond donors (Lipinski definition) is 2. The molecule has 0 aromatic heterocycles. The van der Waals surface area contributed by atoms with Crippen LogP contribution in [0, 0.1) is 0 Å². The minimum absolute atomic E-state index is 0.344. The molecule has 1 aliphatic rings. The van der Waals surface area contributed by atoms with Gasteiger partial charge in [0.25, 0.3) is 5.91 Å². The summed E-state index contributed by atoms with van der Waals surface area (Å²) in [5.74, 6) is -0.250. The summed E-state index contributed by atoms with van der Waals surface area (Å²) in [5, 5.41) is 5.40. The molecule has 1 heterocycles. The van der Waals surface area contributed by atoms with Gasteiger partial charge in [0.1, 0.15) is 17.8 Å². The minimum atomic E-state index is -1.02. The molecule has 2 N–H and O–H groups in total. The van der Waals surface area contributed by atoms with Crippen molar-refractivity contribution in [1.82, 2.24) is 10.2 Å². The molecule has 0 unspecified atom stereocenters. The molecule has 0 spiro atoms. The summed E-state index contributed by atoms with van der Waals surface area (Å²) in [6.07, 6.45) is 1.10. The summed E-state index contributed by atoms with van der Waals surface area (Å²) in [6.45, 7) is 1.35. The number of benzene rings is 2. The van der Waals surface area contributed by atoms with Crippen LogP contribution in [-0.4, -0.2) is 41.9 Å². The monoisotopic (exact) mass is 381 g/mol. The molecule has 1 atom stereocenters. The molecule has 1 fully saturated rings. The molecule has 1 aliphatic heterocycles. The first-order valence-corrected chi connectivity index (χ1v) is 9.03. The van der Waals surface area contributed by atoms with Gasteiger partial charge >= 0.3 is 6.03 Å². The van der Waals surface area contributed by atoms with Crippen molar-refractivity contribution in [3.63, 3.8) is 0 Å². The molecule has 0 aliphatic carbocycles. The molecular weight excluding hydrogens is 358 g/mol. The van der Waals surface area contributed by atoms with Crippen LogP contribution >= 0.6 is 0 Å². The quantitative estimate of drug-likeness (QED) is 0.722. The Morgan fingerprint density at radius 2 is 1.89 bits per heavy atom. The molecule has 146 valence electrons. The molecule has 0 saturated carbocycles. The van der Waals surface area contributed by atoms with Crippen LogP contribution < -0.4 is 15.4 Å². The second kappa shape index (κ2) is 8.12. The number of urea groups is 1. The van der Waals surface area contributed by atoms with Gasteiger partial charge in [-0.1, -0.05) is 36.4 Å². The maximum atomic E-state index is 12.8. The number of nitrogens with one attached hydrogen (secondary N) is 2. The number of ether oxygens (including phenoxy) is 1. The van der Waals surface area contributed by atoms with E-state index in [2.05, 4.69) is 10.6 Å². The fraction of sp³-hybridized carbons (Fsp3) is 0.286. The third kappa shape index (κ3) is 4.31. The average molecular weight is 381 g/mol. The van der Waals surface area contributed by atoms with Gasteiger partial charge in [-0.25, -0.2) is 4.79 Å². The number of imide groups is 1. The summed E-state index contributed by atoms with van der Waals surface area (Å²) in [4.78, 5) is 38.4. The lowest BCUT2D eigenvalue weighted by atomic mass is 9.93. The molecule has 7 heteroatoms. The predicted octanol–water partition coefficient (Wildman–Crippen LogP) is 2.58. The third-order valence-electron chi connectivity index (χ3n) is 4.76. The van der Waals surface area contributed by atoms with Gasteiger partial charge in [0.05, 0.1) is 7.11 Å². The van der Waals surface area contributed by atoms with Crippen LogP contribution in [0.5, 0.6) is 5.75 Å². The summed E-state index contributed by atoms with van der Waals surface area (Å²) in [7, 11) is 1.53. The van der Waals surface area contributed by atoms with E-state index in [0.29, 0.717) is 24.3 Å². The number of aryl methyl sites for hydroxylation is 1. The zero-order valence-electron chi connectivity index (χ0n) is 15.9. The van der Waals surface area contributed by atoms with Crippen molar-refractivity contribution in [3.05, 3.63) is 60.2 Å². The fourth-order valence-electron chi connectivity index (χ4n) is 3.14. The Morgan fingerprint density at radius 1 is 1.14 bits per heavy atom. The first kappa shape index (κ1) is 19.4. The first-order valence-electron chi connectivity index (χ1n) is 9.03. The van der Waals surface area contributed by atoms with Crippen LogP contribution in [0.25, 0.3) is 0 Å². The number of anilines is 1. The van der Waals surface area contributed by atoms with E-state index < -0.39 is 23.4 Å². The molecular formula is C21H23N3O4. The van der Waals surface area contributed by atoms with Gasteiger partial charge in [-0.15, -0.1) is 0 Å². The second-order valence-electron chi connectivity index (χ2n) is 6.92. The Labute approximate surface area is 163 Å². The first-order chi connectivity index (χ1) is 13.4. The number of amides is 4. The lowest BCUT2D eigenvalue weighted by Crippen LogP contribution is -2.45. The zero-order valence-corrected chi connectivity index (χ0v) is 15.9. The molecule has 7 nitrogen and oxygen atoms in total. The van der Waals surface area contributed by atoms with Crippen LogP contribution in [0.15, 0.2) is 54.6 Å². The topological polar surface area (TPSA) is 87.7 Å². The maximum absolute atomic E-state index is 12.8. The summed E-state index contributed by atoms with van der Waals surface area (Å²) in [5.41, 5.74) is 0.589. The van der Waals surface area contributed by atoms with E-state index in [0.717, 1.165) is 10.5 Å². The summed E-state index contributed by atoms with van der Waals surface area (Å²) >= 11 is 0. The van der Waals surface area contributed by atoms with Gasteiger partial charge in [0.15, 0.2) is 0 Å². The van der Waals surface area contributed by atoms with Crippen LogP contribution in [0.3, 0.4) is 0 Å². The second-order valence-corrected chi connectivity index (χ2v) is 6.92. The van der Waals surface area contributed by atoms with E-state index in [9.17, 15) is 14.4 Å². The predicted molar refractivity (Wildman–Crippen MR) is 105 cm³/mol. The van der Waals surface area contributed by atoms with Crippen molar-refractivity contribution in [3.8, 4) is 5.75 Å². The van der Waals surface area contributed by atoms with Crippen LogP contribution in [-0.2, 0) is 16.0 Å². The number of rotatable bonds is 7. The standard InChI is InChI=1S/C21H23N3O4/c1-21(12-11-15-7-4-3-5-8-15)19(26)24(20(27)23-21)14-18(25)22-16-9-6-10-17(13-16)28-2/h3-10,13H,11-12,14H2,1-2H3,(H,22,25)(H,23,27)/t21-/m0/s1. The van der Waals surface area contributed by atoms with E-state index >= 15 is 0 Å². The third-order valence-corrected chi connectivity index (χ3v) is 4.76. The Bertz CT molecular complexity index is 884. The van der Waals surface area contributed by atoms with Gasteiger partial charge in [0.2, 0.25) is 5.91 Å². The Hall–Kier alpha value is -3.35. The smallest absolute Gasteiger partial charge is 0.325 e. The summed E-state index contributed by atoms with van der Waals surface area (Å²) < 4.78 is 5.11. The molecule has 4 amide bonds. The van der Waals surface area contributed by atoms with Crippen LogP contribution in [0.2, 0.25) is 0 Å². The Kier molecular flexibility index (Phi) is 5.63. The maximum Gasteiger partial charge on any atom is 0.325 e. The van der Waals surface area contributed by atoms with Crippen molar-refractivity contribution in [2.24, 2.45) is 0 Å². The molecule has 0 bridgehead atoms. The normalized spacial score (nSPS) is 18.7. The molecule has 2 aromatic carbocycles. The average Bonchev–Trinajstić information content (AvgIpc) is 2.91. The highest BCUT2D eigenvalue weighted by molar-refractivity contribution is 6.09. The van der Waals surface area contributed by atoms with Crippen molar-refractivity contribution in [2.75, 3.05) is 19.0 Å². The van der Waals surface area contributed by atoms with Crippen molar-refractivity contribution in [1.29, 1.82) is 0 Å². The van der Waals surface area contributed by atoms with E-state index in [-0.39, 0.29) is 6.54 Å². The van der Waals surface area contributed by atoms with E-state index in [4.69, 9.17) is 4.74 Å². The highest BCUT2D eigenvalue weighted by Gasteiger charge is 2.47. The zero-order chi connectivity index (χ0) is 20.1. The van der Waals surface area contributed by atoms with Crippen LogP contribution in [0.4, 0.5) is 10.5 Å². The molecule has 3 rings (SSSR count). The van der Waals surface area contributed by atoms with Crippen molar-refractivity contribution < 1.29 is 19.1 Å². The highest BCUT2D eigenvalue weighted by Crippen LogP contribution is 2.23. The van der Waals surface area contributed by atoms with E-state index in [1.54, 1.807) is 31.2 Å². The fourth-order valence-corrected chi connectivity index (χ4v) is 3.14. The number of methoxy groups -OCH3 is 1. The highest BCUT2D eigenvalue weighted by atomic mass is 16.5. The lowest BCUT2D eigenvalue weighted by Gasteiger charge is -2.21. The SMILES string of the molecule is COc1cccc(NC(=O)CN2C(=O)N[C@@](C)(CCc3ccccc3)C2=O)c1. The number of nitrogens with zero attached hydrogens (tertiary/aromatic N) is 1. The largest absolute Gasteiger partial charge is 0.497 e. The Balaban J connectivity index is 1.61. The molecule has 2 aromatic rings. The molecule has 0 radical (unpaired) electrons.